The summed E-state index contributed by atoms with van der Waals surface area (Å²) < 4.78 is 4.46. The predicted octanol–water partition coefficient (Wildman–Crippen LogP) is 1.94. The molecule has 0 aromatic rings. The zero-order chi connectivity index (χ0) is 11.7. The van der Waals surface area contributed by atoms with E-state index in [2.05, 4.69) is 11.7 Å². The number of carbonyl (C=O) groups excluding carboxylic acids is 1. The maximum atomic E-state index is 11.1. The van der Waals surface area contributed by atoms with Gasteiger partial charge < -0.3 is 4.74 Å². The number of nitrogens with zero attached hydrogens (tertiary/aromatic N) is 1. The highest BCUT2D eigenvalue weighted by atomic mass is 16.6. The van der Waals surface area contributed by atoms with Gasteiger partial charge in [0, 0.05) is 4.92 Å². The number of nitro groups is 1. The highest BCUT2D eigenvalue weighted by Crippen LogP contribution is 2.05. The molecule has 0 aliphatic rings. The van der Waals surface area contributed by atoms with Gasteiger partial charge in [-0.1, -0.05) is 25.8 Å². The summed E-state index contributed by atoms with van der Waals surface area (Å²) in [4.78, 5) is 20.9. The van der Waals surface area contributed by atoms with Crippen LogP contribution in [-0.2, 0) is 9.53 Å². The minimum atomic E-state index is -0.608. The van der Waals surface area contributed by atoms with Gasteiger partial charge in [0.05, 0.1) is 7.11 Å². The first-order valence-electron chi connectivity index (χ1n) is 5.01. The van der Waals surface area contributed by atoms with E-state index < -0.39 is 17.4 Å². The average Bonchev–Trinajstić information content (AvgIpc) is 2.21. The zero-order valence-corrected chi connectivity index (χ0v) is 9.19. The number of esters is 1. The molecule has 0 amide bonds. The Morgan fingerprint density at radius 1 is 1.47 bits per heavy atom. The summed E-state index contributed by atoms with van der Waals surface area (Å²) in [5, 5.41) is 10.3. The van der Waals surface area contributed by atoms with Crippen LogP contribution in [0.1, 0.15) is 32.6 Å². The van der Waals surface area contributed by atoms with Gasteiger partial charge in [0.2, 0.25) is 6.54 Å². The van der Waals surface area contributed by atoms with Crippen molar-refractivity contribution in [2.45, 2.75) is 32.6 Å². The molecule has 5 heteroatoms. The van der Waals surface area contributed by atoms with Crippen LogP contribution in [0.5, 0.6) is 0 Å². The molecule has 5 nitrogen and oxygen atoms in total. The summed E-state index contributed by atoms with van der Waals surface area (Å²) >= 11 is 0. The second-order valence-electron chi connectivity index (χ2n) is 3.21. The standard InChI is InChI=1S/C10H17NO4/c1-3-4-5-6-7-9(8-11(13)14)10(12)15-2/h7H,3-6,8H2,1-2H3/b9-7+. The van der Waals surface area contributed by atoms with Crippen LogP contribution in [0.15, 0.2) is 11.6 Å². The number of allylic oxidation sites excluding steroid dienone is 1. The normalized spacial score (nSPS) is 11.2. The van der Waals surface area contributed by atoms with Gasteiger partial charge in [0.25, 0.3) is 0 Å². The van der Waals surface area contributed by atoms with Gasteiger partial charge in [0.1, 0.15) is 5.57 Å². The molecule has 0 saturated heterocycles. The lowest BCUT2D eigenvalue weighted by atomic mass is 10.1. The average molecular weight is 215 g/mol. The van der Waals surface area contributed by atoms with E-state index in [9.17, 15) is 14.9 Å². The quantitative estimate of drug-likeness (QED) is 0.214. The molecule has 0 aromatic carbocycles. The summed E-state index contributed by atoms with van der Waals surface area (Å²) in [6, 6.07) is 0. The molecule has 0 heterocycles. The lowest BCUT2D eigenvalue weighted by Gasteiger charge is -2.00. The van der Waals surface area contributed by atoms with Crippen molar-refractivity contribution in [3.05, 3.63) is 21.8 Å². The Morgan fingerprint density at radius 2 is 2.13 bits per heavy atom. The maximum absolute atomic E-state index is 11.1. The molecule has 0 spiro atoms. The van der Waals surface area contributed by atoms with Crippen LogP contribution in [0, 0.1) is 10.1 Å². The first kappa shape index (κ1) is 13.6. The van der Waals surface area contributed by atoms with E-state index in [0.717, 1.165) is 19.3 Å². The fourth-order valence-electron chi connectivity index (χ4n) is 1.15. The van der Waals surface area contributed by atoms with Crippen molar-refractivity contribution in [1.82, 2.24) is 0 Å². The van der Waals surface area contributed by atoms with Gasteiger partial charge in [-0.05, 0) is 12.8 Å². The Balaban J connectivity index is 4.21. The van der Waals surface area contributed by atoms with Crippen LogP contribution in [0.2, 0.25) is 0 Å². The number of rotatable bonds is 7. The second kappa shape index (κ2) is 7.96. The van der Waals surface area contributed by atoms with Crippen molar-refractivity contribution in [3.63, 3.8) is 0 Å². The molecule has 0 aliphatic carbocycles. The number of hydrogen-bond acceptors (Lipinski definition) is 4. The van der Waals surface area contributed by atoms with Crippen molar-refractivity contribution < 1.29 is 14.5 Å². The Hall–Kier alpha value is -1.39. The SMILES string of the molecule is CCCCC/C=C(\C[N+](=O)[O-])C(=O)OC. The van der Waals surface area contributed by atoms with Crippen molar-refractivity contribution in [3.8, 4) is 0 Å². The van der Waals surface area contributed by atoms with Crippen molar-refractivity contribution in [2.24, 2.45) is 0 Å². The van der Waals surface area contributed by atoms with E-state index in [0.29, 0.717) is 6.42 Å². The van der Waals surface area contributed by atoms with E-state index >= 15 is 0 Å². The summed E-state index contributed by atoms with van der Waals surface area (Å²) in [6.07, 6.45) is 5.37. The zero-order valence-electron chi connectivity index (χ0n) is 9.19. The molecule has 0 aliphatic heterocycles. The van der Waals surface area contributed by atoms with Crippen LogP contribution in [0.3, 0.4) is 0 Å². The van der Waals surface area contributed by atoms with Gasteiger partial charge in [0.15, 0.2) is 0 Å². The van der Waals surface area contributed by atoms with E-state index in [-0.39, 0.29) is 5.57 Å². The number of hydrogen-bond donors (Lipinski definition) is 0. The first-order chi connectivity index (χ1) is 7.11. The van der Waals surface area contributed by atoms with Gasteiger partial charge in [-0.3, -0.25) is 10.1 Å². The fraction of sp³-hybridized carbons (Fsp3) is 0.700. The molecule has 0 radical (unpaired) electrons. The van der Waals surface area contributed by atoms with E-state index in [1.165, 1.54) is 7.11 Å². The van der Waals surface area contributed by atoms with Crippen LogP contribution in [0.25, 0.3) is 0 Å². The largest absolute Gasteiger partial charge is 0.465 e. The molecule has 0 aromatic heterocycles. The Morgan fingerprint density at radius 3 is 2.60 bits per heavy atom. The third-order valence-electron chi connectivity index (χ3n) is 1.95. The van der Waals surface area contributed by atoms with Crippen LogP contribution in [0.4, 0.5) is 0 Å². The van der Waals surface area contributed by atoms with Gasteiger partial charge >= 0.3 is 5.97 Å². The number of carbonyl (C=O) groups is 1. The minimum Gasteiger partial charge on any atom is -0.465 e. The molecule has 0 rings (SSSR count). The third-order valence-corrected chi connectivity index (χ3v) is 1.95. The molecule has 0 fully saturated rings. The molecular formula is C10H17NO4. The third kappa shape index (κ3) is 6.65. The highest BCUT2D eigenvalue weighted by Gasteiger charge is 2.14. The maximum Gasteiger partial charge on any atom is 0.340 e. The van der Waals surface area contributed by atoms with E-state index in [1.807, 2.05) is 0 Å². The number of unbranched alkanes of at least 4 members (excludes halogenated alkanes) is 3. The van der Waals surface area contributed by atoms with E-state index in [4.69, 9.17) is 0 Å². The lowest BCUT2D eigenvalue weighted by Crippen LogP contribution is -2.14. The molecule has 86 valence electrons. The minimum absolute atomic E-state index is 0.138. The first-order valence-corrected chi connectivity index (χ1v) is 5.01. The monoisotopic (exact) mass is 215 g/mol. The second-order valence-corrected chi connectivity index (χ2v) is 3.21. The topological polar surface area (TPSA) is 69.4 Å². The Labute approximate surface area is 89.3 Å². The molecule has 0 unspecified atom stereocenters. The summed E-state index contributed by atoms with van der Waals surface area (Å²) in [7, 11) is 1.22. The van der Waals surface area contributed by atoms with Crippen LogP contribution in [-0.4, -0.2) is 24.5 Å². The van der Waals surface area contributed by atoms with Crippen molar-refractivity contribution in [1.29, 1.82) is 0 Å². The van der Waals surface area contributed by atoms with Crippen molar-refractivity contribution in [2.75, 3.05) is 13.7 Å². The molecule has 15 heavy (non-hydrogen) atoms. The van der Waals surface area contributed by atoms with Crippen molar-refractivity contribution >= 4 is 5.97 Å². The predicted molar refractivity (Wildman–Crippen MR) is 56.1 cm³/mol. The van der Waals surface area contributed by atoms with E-state index in [1.54, 1.807) is 6.08 Å². The van der Waals surface area contributed by atoms with Gasteiger partial charge in [-0.15, -0.1) is 0 Å². The van der Waals surface area contributed by atoms with Crippen LogP contribution >= 0.6 is 0 Å². The number of methoxy groups -OCH3 is 1. The van der Waals surface area contributed by atoms with Gasteiger partial charge in [-0.25, -0.2) is 4.79 Å². The molecule has 0 saturated carbocycles. The van der Waals surface area contributed by atoms with Crippen LogP contribution < -0.4 is 0 Å². The molecule has 0 atom stereocenters. The Kier molecular flexibility index (Phi) is 7.23. The fourth-order valence-corrected chi connectivity index (χ4v) is 1.15. The molecule has 0 N–H and O–H groups in total. The summed E-state index contributed by atoms with van der Waals surface area (Å²) in [6.45, 7) is 1.61. The smallest absolute Gasteiger partial charge is 0.340 e. The lowest BCUT2D eigenvalue weighted by molar-refractivity contribution is -0.470. The van der Waals surface area contributed by atoms with Gasteiger partial charge in [-0.2, -0.15) is 0 Å². The summed E-state index contributed by atoms with van der Waals surface area (Å²) in [5.74, 6) is -0.608. The summed E-state index contributed by atoms with van der Waals surface area (Å²) in [5.41, 5.74) is 0.138. The Bertz CT molecular complexity index is 248. The molecule has 0 bridgehead atoms. The molecular weight excluding hydrogens is 198 g/mol. The number of ether oxygens (including phenoxy) is 1. The highest BCUT2D eigenvalue weighted by molar-refractivity contribution is 5.88.